The number of ether oxygens (including phenoxy) is 1. The van der Waals surface area contributed by atoms with Crippen LogP contribution in [0.1, 0.15) is 25.7 Å². The third-order valence-electron chi connectivity index (χ3n) is 3.09. The second-order valence-electron chi connectivity index (χ2n) is 4.92. The molecule has 1 amide bonds. The molecule has 5 nitrogen and oxygen atoms in total. The van der Waals surface area contributed by atoms with Crippen molar-refractivity contribution in [2.75, 3.05) is 17.7 Å². The van der Waals surface area contributed by atoms with Gasteiger partial charge in [-0.1, -0.05) is 0 Å². The van der Waals surface area contributed by atoms with Gasteiger partial charge < -0.3 is 15.0 Å². The van der Waals surface area contributed by atoms with E-state index in [1.165, 1.54) is 11.3 Å². The van der Waals surface area contributed by atoms with Crippen LogP contribution >= 0.6 is 36.2 Å². The van der Waals surface area contributed by atoms with E-state index < -0.39 is 0 Å². The first kappa shape index (κ1) is 18.0. The smallest absolute Gasteiger partial charge is 0.305 e. The highest BCUT2D eigenvalue weighted by molar-refractivity contribution is 7.80. The van der Waals surface area contributed by atoms with Gasteiger partial charge in [0.2, 0.25) is 5.91 Å². The lowest BCUT2D eigenvalue weighted by Gasteiger charge is -2.05. The predicted octanol–water partition coefficient (Wildman–Crippen LogP) is 3.93. The fourth-order valence-electron chi connectivity index (χ4n) is 2.03. The van der Waals surface area contributed by atoms with Crippen molar-refractivity contribution < 1.29 is 14.3 Å². The van der Waals surface area contributed by atoms with E-state index in [9.17, 15) is 9.59 Å². The summed E-state index contributed by atoms with van der Waals surface area (Å²) in [4.78, 5) is 26.3. The number of hydrogen-bond acceptors (Lipinski definition) is 6. The van der Waals surface area contributed by atoms with Crippen molar-refractivity contribution in [1.82, 2.24) is 4.98 Å². The normalized spacial score (nSPS) is 10.7. The summed E-state index contributed by atoms with van der Waals surface area (Å²) in [5.74, 6) is 0.221. The Morgan fingerprint density at radius 2 is 2.09 bits per heavy atom. The van der Waals surface area contributed by atoms with Gasteiger partial charge in [-0.2, -0.15) is 12.6 Å². The van der Waals surface area contributed by atoms with Crippen LogP contribution in [-0.2, 0) is 14.3 Å². The zero-order chi connectivity index (χ0) is 16.7. The minimum absolute atomic E-state index is 0.0628. The SMILES string of the molecule is O=C(CCCCC(=O)OCCS)Nc1ccc2[nH]c(=S)sc2c1. The maximum absolute atomic E-state index is 11.9. The fraction of sp³-hybridized carbons (Fsp3) is 0.400. The van der Waals surface area contributed by atoms with E-state index in [0.29, 0.717) is 42.0 Å². The minimum atomic E-state index is -0.237. The number of amides is 1. The van der Waals surface area contributed by atoms with Crippen LogP contribution in [0.2, 0.25) is 0 Å². The molecular weight excluding hydrogens is 352 g/mol. The summed E-state index contributed by atoms with van der Waals surface area (Å²) >= 11 is 10.5. The van der Waals surface area contributed by atoms with Crippen molar-refractivity contribution in [1.29, 1.82) is 0 Å². The van der Waals surface area contributed by atoms with Crippen LogP contribution in [0.5, 0.6) is 0 Å². The van der Waals surface area contributed by atoms with Crippen LogP contribution in [0, 0.1) is 3.95 Å². The van der Waals surface area contributed by atoms with E-state index in [1.807, 2.05) is 18.2 Å². The standard InChI is InChI=1S/C15H18N2O3S3/c18-13(3-1-2-4-14(19)20-7-8-21)16-10-5-6-11-12(9-10)23-15(22)17-11/h5-6,9,21H,1-4,7-8H2,(H,16,18)(H,17,22). The van der Waals surface area contributed by atoms with Gasteiger partial charge in [0.1, 0.15) is 6.61 Å². The van der Waals surface area contributed by atoms with Crippen LogP contribution in [0.15, 0.2) is 18.2 Å². The predicted molar refractivity (Wildman–Crippen MR) is 98.9 cm³/mol. The van der Waals surface area contributed by atoms with Crippen LogP contribution in [-0.4, -0.2) is 29.2 Å². The molecular formula is C15H18N2O3S3. The molecule has 0 atom stereocenters. The average molecular weight is 371 g/mol. The minimum Gasteiger partial charge on any atom is -0.465 e. The van der Waals surface area contributed by atoms with E-state index >= 15 is 0 Å². The molecule has 0 saturated carbocycles. The summed E-state index contributed by atoms with van der Waals surface area (Å²) in [5, 5.41) is 2.86. The third-order valence-corrected chi connectivity index (χ3v) is 4.47. The molecule has 0 unspecified atom stereocenters. The number of aromatic nitrogens is 1. The number of thiazole rings is 1. The molecule has 2 N–H and O–H groups in total. The number of unbranched alkanes of at least 4 members (excludes halogenated alkanes) is 1. The number of carbonyl (C=O) groups is 2. The Morgan fingerprint density at radius 1 is 1.30 bits per heavy atom. The molecule has 2 rings (SSSR count). The van der Waals surface area contributed by atoms with Crippen molar-refractivity contribution in [2.24, 2.45) is 0 Å². The highest BCUT2D eigenvalue weighted by atomic mass is 32.1. The number of esters is 1. The number of thiol groups is 1. The Hall–Kier alpha value is -1.38. The van der Waals surface area contributed by atoms with E-state index in [-0.39, 0.29) is 11.9 Å². The van der Waals surface area contributed by atoms with E-state index in [4.69, 9.17) is 17.0 Å². The zero-order valence-electron chi connectivity index (χ0n) is 12.5. The van der Waals surface area contributed by atoms with E-state index in [1.54, 1.807) is 0 Å². The van der Waals surface area contributed by atoms with Gasteiger partial charge in [-0.15, -0.1) is 11.3 Å². The van der Waals surface area contributed by atoms with Crippen molar-refractivity contribution in [3.63, 3.8) is 0 Å². The zero-order valence-corrected chi connectivity index (χ0v) is 15.0. The molecule has 1 aromatic carbocycles. The number of carbonyl (C=O) groups excluding carboxylic acids is 2. The molecule has 0 aliphatic carbocycles. The van der Waals surface area contributed by atoms with Crippen molar-refractivity contribution >= 4 is 64.0 Å². The Bertz CT molecular complexity index is 739. The van der Waals surface area contributed by atoms with Gasteiger partial charge in [-0.25, -0.2) is 0 Å². The van der Waals surface area contributed by atoms with Gasteiger partial charge in [-0.3, -0.25) is 9.59 Å². The van der Waals surface area contributed by atoms with E-state index in [0.717, 1.165) is 15.9 Å². The van der Waals surface area contributed by atoms with Gasteiger partial charge in [0, 0.05) is 24.3 Å². The van der Waals surface area contributed by atoms with E-state index in [2.05, 4.69) is 22.9 Å². The molecule has 0 spiro atoms. The van der Waals surface area contributed by atoms with Crippen LogP contribution < -0.4 is 5.32 Å². The fourth-order valence-corrected chi connectivity index (χ4v) is 3.28. The van der Waals surface area contributed by atoms with Crippen LogP contribution in [0.4, 0.5) is 5.69 Å². The molecule has 23 heavy (non-hydrogen) atoms. The van der Waals surface area contributed by atoms with Gasteiger partial charge in [-0.05, 0) is 43.3 Å². The van der Waals surface area contributed by atoms with Crippen LogP contribution in [0.3, 0.4) is 0 Å². The lowest BCUT2D eigenvalue weighted by Crippen LogP contribution is -2.11. The topological polar surface area (TPSA) is 71.2 Å². The van der Waals surface area contributed by atoms with Crippen molar-refractivity contribution in [3.8, 4) is 0 Å². The summed E-state index contributed by atoms with van der Waals surface area (Å²) in [6.45, 7) is 0.330. The Balaban J connectivity index is 1.73. The number of nitrogens with one attached hydrogen (secondary N) is 2. The number of hydrogen-bond donors (Lipinski definition) is 3. The van der Waals surface area contributed by atoms with Gasteiger partial charge in [0.05, 0.1) is 10.2 Å². The maximum atomic E-state index is 11.9. The lowest BCUT2D eigenvalue weighted by atomic mass is 10.2. The number of rotatable bonds is 8. The van der Waals surface area contributed by atoms with Gasteiger partial charge >= 0.3 is 5.97 Å². The average Bonchev–Trinajstić information content (AvgIpc) is 2.88. The number of fused-ring (bicyclic) bond motifs is 1. The molecule has 0 bridgehead atoms. The second kappa shape index (κ2) is 9.05. The molecule has 0 saturated heterocycles. The second-order valence-corrected chi connectivity index (χ2v) is 7.09. The highest BCUT2D eigenvalue weighted by Gasteiger charge is 2.06. The molecule has 0 aliphatic rings. The molecule has 2 aromatic rings. The van der Waals surface area contributed by atoms with Gasteiger partial charge in [0.25, 0.3) is 0 Å². The highest BCUT2D eigenvalue weighted by Crippen LogP contribution is 2.23. The first-order chi connectivity index (χ1) is 11.1. The molecule has 1 aromatic heterocycles. The van der Waals surface area contributed by atoms with Crippen molar-refractivity contribution in [3.05, 3.63) is 22.2 Å². The summed E-state index contributed by atoms with van der Waals surface area (Å²) < 4.78 is 6.64. The summed E-state index contributed by atoms with van der Waals surface area (Å²) in [6.07, 6.45) is 1.99. The molecule has 0 aliphatic heterocycles. The van der Waals surface area contributed by atoms with Crippen LogP contribution in [0.25, 0.3) is 10.2 Å². The number of anilines is 1. The monoisotopic (exact) mass is 370 g/mol. The molecule has 124 valence electrons. The first-order valence-corrected chi connectivity index (χ1v) is 9.13. The largest absolute Gasteiger partial charge is 0.465 e. The number of aromatic amines is 1. The quantitative estimate of drug-likeness (QED) is 0.285. The first-order valence-electron chi connectivity index (χ1n) is 7.27. The maximum Gasteiger partial charge on any atom is 0.305 e. The Labute approximate surface area is 148 Å². The van der Waals surface area contributed by atoms with Gasteiger partial charge in [0.15, 0.2) is 3.95 Å². The molecule has 1 heterocycles. The molecule has 0 radical (unpaired) electrons. The number of H-pyrrole nitrogens is 1. The molecule has 0 fully saturated rings. The lowest BCUT2D eigenvalue weighted by molar-refractivity contribution is -0.143. The Morgan fingerprint density at radius 3 is 2.87 bits per heavy atom. The summed E-state index contributed by atoms with van der Waals surface area (Å²) in [5.41, 5.74) is 1.72. The summed E-state index contributed by atoms with van der Waals surface area (Å²) in [6, 6.07) is 5.64. The van der Waals surface area contributed by atoms with Crippen molar-refractivity contribution in [2.45, 2.75) is 25.7 Å². The Kier molecular flexibility index (Phi) is 7.07. The number of benzene rings is 1. The third kappa shape index (κ3) is 5.96. The molecule has 8 heteroatoms. The summed E-state index contributed by atoms with van der Waals surface area (Å²) in [7, 11) is 0.